The van der Waals surface area contributed by atoms with Gasteiger partial charge < -0.3 is 21.7 Å². The molecule has 2 amide bonds. The van der Waals surface area contributed by atoms with Crippen molar-refractivity contribution in [2.75, 3.05) is 0 Å². The summed E-state index contributed by atoms with van der Waals surface area (Å²) in [6.07, 6.45) is -3.17. The second-order valence-electron chi connectivity index (χ2n) is 3.10. The topological polar surface area (TPSA) is 140 Å². The zero-order valence-electron chi connectivity index (χ0n) is 8.20. The highest BCUT2D eigenvalue weighted by Crippen LogP contribution is 2.14. The number of carbonyl (C=O) groups is 2. The second kappa shape index (κ2) is 4.69. The minimum atomic E-state index is -1.58. The van der Waals surface area contributed by atoms with Gasteiger partial charge in [-0.3, -0.25) is 14.6 Å². The quantitative estimate of drug-likeness (QED) is 0.474. The van der Waals surface area contributed by atoms with Crippen LogP contribution in [0.5, 0.6) is 0 Å². The summed E-state index contributed by atoms with van der Waals surface area (Å²) in [7, 11) is 0. The molecule has 1 aromatic rings. The van der Waals surface area contributed by atoms with Crippen molar-refractivity contribution in [1.29, 1.82) is 0 Å². The van der Waals surface area contributed by atoms with Crippen molar-refractivity contribution < 1.29 is 19.8 Å². The first-order valence-corrected chi connectivity index (χ1v) is 4.35. The lowest BCUT2D eigenvalue weighted by molar-refractivity contribution is -0.126. The Kier molecular flexibility index (Phi) is 3.54. The third kappa shape index (κ3) is 2.53. The highest BCUT2D eigenvalue weighted by molar-refractivity contribution is 5.80. The molecule has 7 nitrogen and oxygen atoms in total. The number of pyridine rings is 1. The molecule has 2 atom stereocenters. The highest BCUT2D eigenvalue weighted by Gasteiger charge is 2.19. The van der Waals surface area contributed by atoms with Gasteiger partial charge in [-0.25, -0.2) is 0 Å². The van der Waals surface area contributed by atoms with E-state index < -0.39 is 24.0 Å². The van der Waals surface area contributed by atoms with Crippen LogP contribution >= 0.6 is 0 Å². The first-order chi connectivity index (χ1) is 7.43. The number of rotatable bonds is 4. The Morgan fingerprint density at radius 1 is 1.06 bits per heavy atom. The number of nitrogens with two attached hydrogens (primary N) is 2. The van der Waals surface area contributed by atoms with Gasteiger partial charge in [0.2, 0.25) is 0 Å². The smallest absolute Gasteiger partial charge is 0.252 e. The number of aliphatic hydroxyl groups is 2. The fourth-order valence-corrected chi connectivity index (χ4v) is 1.06. The van der Waals surface area contributed by atoms with E-state index in [9.17, 15) is 19.8 Å². The lowest BCUT2D eigenvalue weighted by Gasteiger charge is -2.10. The van der Waals surface area contributed by atoms with Gasteiger partial charge in [-0.05, 0) is 12.1 Å². The first kappa shape index (κ1) is 12.1. The van der Waals surface area contributed by atoms with Crippen LogP contribution in [0, 0.1) is 0 Å². The summed E-state index contributed by atoms with van der Waals surface area (Å²) in [5.74, 6) is -1.95. The van der Waals surface area contributed by atoms with E-state index in [-0.39, 0.29) is 11.4 Å². The zero-order valence-corrected chi connectivity index (χ0v) is 8.20. The van der Waals surface area contributed by atoms with Crippen molar-refractivity contribution in [2.24, 2.45) is 11.5 Å². The molecule has 0 spiro atoms. The molecule has 0 bridgehead atoms. The number of primary amides is 2. The summed E-state index contributed by atoms with van der Waals surface area (Å²) in [6.45, 7) is 0. The number of aliphatic hydroxyl groups excluding tert-OH is 2. The molecule has 0 aliphatic heterocycles. The SMILES string of the molecule is NC(=O)C(O)c1cccc(C(O)C(N)=O)n1. The molecular weight excluding hydrogens is 214 g/mol. The molecule has 0 radical (unpaired) electrons. The molecule has 0 aliphatic carbocycles. The van der Waals surface area contributed by atoms with Gasteiger partial charge in [-0.1, -0.05) is 6.07 Å². The molecule has 0 saturated heterocycles. The van der Waals surface area contributed by atoms with Gasteiger partial charge in [0.25, 0.3) is 11.8 Å². The van der Waals surface area contributed by atoms with Gasteiger partial charge in [-0.15, -0.1) is 0 Å². The predicted molar refractivity (Wildman–Crippen MR) is 52.5 cm³/mol. The summed E-state index contributed by atoms with van der Waals surface area (Å²) in [5, 5.41) is 18.6. The van der Waals surface area contributed by atoms with Crippen LogP contribution < -0.4 is 11.5 Å². The van der Waals surface area contributed by atoms with Crippen molar-refractivity contribution in [3.8, 4) is 0 Å². The molecule has 6 N–H and O–H groups in total. The standard InChI is InChI=1S/C9H11N3O4/c10-8(15)6(13)4-2-1-3-5(12-4)7(14)9(11)16/h1-3,6-7,13-14H,(H2,10,15)(H2,11,16). The van der Waals surface area contributed by atoms with Gasteiger partial charge in [0.1, 0.15) is 0 Å². The van der Waals surface area contributed by atoms with Crippen LogP contribution in [0.15, 0.2) is 18.2 Å². The third-order valence-electron chi connectivity index (χ3n) is 1.89. The third-order valence-corrected chi connectivity index (χ3v) is 1.89. The Labute approximate surface area is 90.7 Å². The van der Waals surface area contributed by atoms with E-state index >= 15 is 0 Å². The lowest BCUT2D eigenvalue weighted by Crippen LogP contribution is -2.24. The van der Waals surface area contributed by atoms with E-state index in [0.29, 0.717) is 0 Å². The first-order valence-electron chi connectivity index (χ1n) is 4.35. The number of amides is 2. The number of aromatic nitrogens is 1. The van der Waals surface area contributed by atoms with E-state index in [0.717, 1.165) is 0 Å². The molecule has 1 aromatic heterocycles. The van der Waals surface area contributed by atoms with Crippen LogP contribution in [-0.4, -0.2) is 27.0 Å². The van der Waals surface area contributed by atoms with Crippen molar-refractivity contribution in [3.05, 3.63) is 29.6 Å². The molecule has 1 rings (SSSR count). The maximum Gasteiger partial charge on any atom is 0.252 e. The van der Waals surface area contributed by atoms with Crippen LogP contribution in [0.1, 0.15) is 23.6 Å². The molecule has 1 heterocycles. The number of hydrogen-bond donors (Lipinski definition) is 4. The Morgan fingerprint density at radius 3 is 1.75 bits per heavy atom. The highest BCUT2D eigenvalue weighted by atomic mass is 16.3. The maximum absolute atomic E-state index is 10.7. The minimum Gasteiger partial charge on any atom is -0.377 e. The normalized spacial score (nSPS) is 14.1. The van der Waals surface area contributed by atoms with Crippen LogP contribution in [0.2, 0.25) is 0 Å². The Balaban J connectivity index is 3.04. The molecule has 7 heteroatoms. The van der Waals surface area contributed by atoms with Crippen LogP contribution in [-0.2, 0) is 9.59 Å². The average Bonchev–Trinajstić information content (AvgIpc) is 2.26. The van der Waals surface area contributed by atoms with Crippen LogP contribution in [0.3, 0.4) is 0 Å². The summed E-state index contributed by atoms with van der Waals surface area (Å²) in [5.41, 5.74) is 9.64. The largest absolute Gasteiger partial charge is 0.377 e. The van der Waals surface area contributed by atoms with Crippen molar-refractivity contribution >= 4 is 11.8 Å². The maximum atomic E-state index is 10.7. The fraction of sp³-hybridized carbons (Fsp3) is 0.222. The molecule has 0 fully saturated rings. The summed E-state index contributed by atoms with van der Waals surface area (Å²) in [6, 6.07) is 4.09. The number of carbonyl (C=O) groups excluding carboxylic acids is 2. The van der Waals surface area contributed by atoms with E-state index in [4.69, 9.17) is 11.5 Å². The molecule has 86 valence electrons. The summed E-state index contributed by atoms with van der Waals surface area (Å²) in [4.78, 5) is 25.1. The number of hydrogen-bond acceptors (Lipinski definition) is 5. The van der Waals surface area contributed by atoms with E-state index in [1.807, 2.05) is 0 Å². The molecule has 2 unspecified atom stereocenters. The summed E-state index contributed by atoms with van der Waals surface area (Å²) >= 11 is 0. The van der Waals surface area contributed by atoms with Crippen molar-refractivity contribution in [1.82, 2.24) is 4.98 Å². The number of nitrogens with zero attached hydrogens (tertiary/aromatic N) is 1. The molecule has 0 aliphatic rings. The van der Waals surface area contributed by atoms with Crippen LogP contribution in [0.4, 0.5) is 0 Å². The Morgan fingerprint density at radius 2 is 1.44 bits per heavy atom. The van der Waals surface area contributed by atoms with Crippen molar-refractivity contribution in [3.63, 3.8) is 0 Å². The van der Waals surface area contributed by atoms with E-state index in [1.165, 1.54) is 18.2 Å². The zero-order chi connectivity index (χ0) is 12.3. The molecule has 0 aromatic carbocycles. The predicted octanol–water partition coefficient (Wildman–Crippen LogP) is -1.88. The minimum absolute atomic E-state index is 0.0506. The molecular formula is C9H11N3O4. The second-order valence-corrected chi connectivity index (χ2v) is 3.10. The Bertz CT molecular complexity index is 386. The van der Waals surface area contributed by atoms with Gasteiger partial charge >= 0.3 is 0 Å². The summed E-state index contributed by atoms with van der Waals surface area (Å²) < 4.78 is 0. The van der Waals surface area contributed by atoms with Gasteiger partial charge in [0.05, 0.1) is 11.4 Å². The van der Waals surface area contributed by atoms with Crippen molar-refractivity contribution in [2.45, 2.75) is 12.2 Å². The van der Waals surface area contributed by atoms with Crippen LogP contribution in [0.25, 0.3) is 0 Å². The van der Waals surface area contributed by atoms with E-state index in [1.54, 1.807) is 0 Å². The molecule has 0 saturated carbocycles. The lowest BCUT2D eigenvalue weighted by atomic mass is 10.1. The van der Waals surface area contributed by atoms with E-state index in [2.05, 4.69) is 4.98 Å². The average molecular weight is 225 g/mol. The van der Waals surface area contributed by atoms with Gasteiger partial charge in [0, 0.05) is 0 Å². The molecule has 16 heavy (non-hydrogen) atoms. The monoisotopic (exact) mass is 225 g/mol. The Hall–Kier alpha value is -1.99. The van der Waals surface area contributed by atoms with Gasteiger partial charge in [-0.2, -0.15) is 0 Å². The fourth-order valence-electron chi connectivity index (χ4n) is 1.06. The van der Waals surface area contributed by atoms with Gasteiger partial charge in [0.15, 0.2) is 12.2 Å².